The Morgan fingerprint density at radius 2 is 1.63 bits per heavy atom. The van der Waals surface area contributed by atoms with Gasteiger partial charge in [0.05, 0.1) is 12.2 Å². The number of thioether (sulfide) groups is 2. The minimum absolute atomic E-state index is 0.0136. The van der Waals surface area contributed by atoms with Crippen LogP contribution in [0.5, 0.6) is 0 Å². The van der Waals surface area contributed by atoms with E-state index in [0.717, 1.165) is 14.9 Å². The molecule has 0 heterocycles. The molecule has 0 saturated carbocycles. The molecule has 19 heavy (non-hydrogen) atoms. The first kappa shape index (κ1) is 21.8. The maximum absolute atomic E-state index is 5.94. The molecule has 0 radical (unpaired) electrons. The van der Waals surface area contributed by atoms with Gasteiger partial charge in [-0.3, -0.25) is 0 Å². The lowest BCUT2D eigenvalue weighted by molar-refractivity contribution is -0.0273. The zero-order chi connectivity index (χ0) is 15.7. The van der Waals surface area contributed by atoms with E-state index in [1.165, 1.54) is 11.8 Å². The highest BCUT2D eigenvalue weighted by molar-refractivity contribution is 8.28. The van der Waals surface area contributed by atoms with E-state index >= 15 is 0 Å². The number of rotatable bonds is 8. The first-order chi connectivity index (χ1) is 8.58. The smallest absolute Gasteiger partial charge is 0.0624 e. The minimum atomic E-state index is -0.0561. The molecule has 0 amide bonds. The molecule has 0 aromatic rings. The van der Waals surface area contributed by atoms with Crippen molar-refractivity contribution in [2.24, 2.45) is 0 Å². The highest BCUT2D eigenvalue weighted by atomic mass is 32.2. The molecule has 114 valence electrons. The van der Waals surface area contributed by atoms with Crippen LogP contribution in [0.3, 0.4) is 0 Å². The predicted octanol–water partition coefficient (Wildman–Crippen LogP) is 6.34. The molecule has 0 aromatic carbocycles. The average Bonchev–Trinajstić information content (AvgIpc) is 2.28. The lowest BCUT2D eigenvalue weighted by atomic mass is 10.1. The normalized spacial score (nSPS) is 11.6. The fraction of sp³-hybridized carbons (Fsp3) is 0.733. The summed E-state index contributed by atoms with van der Waals surface area (Å²) in [6.45, 7) is 23.2. The quantitative estimate of drug-likeness (QED) is 0.523. The molecule has 0 atom stereocenters. The van der Waals surface area contributed by atoms with Crippen LogP contribution in [-0.4, -0.2) is 17.0 Å². The third-order valence-electron chi connectivity index (χ3n) is 2.28. The molecule has 0 N–H and O–H groups in total. The van der Waals surface area contributed by atoms with Crippen molar-refractivity contribution in [3.8, 4) is 0 Å². The van der Waals surface area contributed by atoms with Gasteiger partial charge in [0, 0.05) is 13.2 Å². The highest BCUT2D eigenvalue weighted by Gasteiger charge is 2.25. The summed E-state index contributed by atoms with van der Waals surface area (Å²) in [4.78, 5) is 0. The lowest BCUT2D eigenvalue weighted by Crippen LogP contribution is -2.32. The van der Waals surface area contributed by atoms with E-state index in [1.807, 2.05) is 13.8 Å². The van der Waals surface area contributed by atoms with Crippen LogP contribution < -0.4 is 0 Å². The SMILES string of the molecule is C=C(S)SC(=C)SC(C)(C)COC(C)(C)CC.CC. The van der Waals surface area contributed by atoms with E-state index in [9.17, 15) is 0 Å². The van der Waals surface area contributed by atoms with E-state index in [2.05, 4.69) is 60.4 Å². The van der Waals surface area contributed by atoms with E-state index in [0.29, 0.717) is 6.61 Å². The van der Waals surface area contributed by atoms with Gasteiger partial charge in [0.1, 0.15) is 0 Å². The van der Waals surface area contributed by atoms with Crippen LogP contribution in [0.25, 0.3) is 0 Å². The lowest BCUT2D eigenvalue weighted by Gasteiger charge is -2.31. The summed E-state index contributed by atoms with van der Waals surface area (Å²) in [5, 5.41) is 0. The van der Waals surface area contributed by atoms with Crippen molar-refractivity contribution in [3.05, 3.63) is 21.6 Å². The van der Waals surface area contributed by atoms with E-state index in [4.69, 9.17) is 4.74 Å². The maximum atomic E-state index is 5.94. The van der Waals surface area contributed by atoms with Crippen LogP contribution in [0.15, 0.2) is 21.6 Å². The second-order valence-electron chi connectivity index (χ2n) is 5.13. The van der Waals surface area contributed by atoms with Crippen molar-refractivity contribution >= 4 is 36.2 Å². The Kier molecular flexibility index (Phi) is 11.8. The molecule has 0 aliphatic heterocycles. The number of hydrogen-bond acceptors (Lipinski definition) is 4. The molecule has 0 rings (SSSR count). The van der Waals surface area contributed by atoms with Gasteiger partial charge in [-0.25, -0.2) is 0 Å². The topological polar surface area (TPSA) is 9.23 Å². The zero-order valence-corrected chi connectivity index (χ0v) is 16.0. The fourth-order valence-electron chi connectivity index (χ4n) is 0.961. The van der Waals surface area contributed by atoms with Crippen LogP contribution in [-0.2, 0) is 4.74 Å². The summed E-state index contributed by atoms with van der Waals surface area (Å²) in [6, 6.07) is 0. The summed E-state index contributed by atoms with van der Waals surface area (Å²) < 4.78 is 7.73. The Hall–Kier alpha value is 0.490. The van der Waals surface area contributed by atoms with Gasteiger partial charge in [0.25, 0.3) is 0 Å². The molecule has 0 aliphatic carbocycles. The van der Waals surface area contributed by atoms with Gasteiger partial charge in [-0.2, -0.15) is 0 Å². The van der Waals surface area contributed by atoms with E-state index < -0.39 is 0 Å². The van der Waals surface area contributed by atoms with Crippen molar-refractivity contribution in [1.82, 2.24) is 0 Å². The molecular weight excluding hydrogens is 292 g/mol. The minimum Gasteiger partial charge on any atom is -0.374 e. The Balaban J connectivity index is 0. The van der Waals surface area contributed by atoms with Crippen molar-refractivity contribution in [1.29, 1.82) is 0 Å². The summed E-state index contributed by atoms with van der Waals surface area (Å²) in [6.07, 6.45) is 1.01. The second-order valence-corrected chi connectivity index (χ2v) is 9.22. The molecular formula is C15H30OS3. The van der Waals surface area contributed by atoms with Gasteiger partial charge in [0.2, 0.25) is 0 Å². The van der Waals surface area contributed by atoms with Gasteiger partial charge in [0.15, 0.2) is 0 Å². The number of hydrogen-bond donors (Lipinski definition) is 1. The van der Waals surface area contributed by atoms with Crippen molar-refractivity contribution < 1.29 is 4.74 Å². The van der Waals surface area contributed by atoms with Gasteiger partial charge < -0.3 is 4.74 Å². The molecule has 1 nitrogen and oxygen atoms in total. The first-order valence-electron chi connectivity index (χ1n) is 6.65. The molecule has 0 unspecified atom stereocenters. The third kappa shape index (κ3) is 13.2. The predicted molar refractivity (Wildman–Crippen MR) is 98.2 cm³/mol. The van der Waals surface area contributed by atoms with Crippen LogP contribution >= 0.6 is 36.2 Å². The standard InChI is InChI=1S/C13H24OS3.C2H6/c1-8-12(4,5)14-9-13(6,7)17-11(3)16-10(2)15;1-2/h15H,2-3,8-9H2,1,4-7H3;1-2H3. The molecule has 0 aromatic heterocycles. The highest BCUT2D eigenvalue weighted by Crippen LogP contribution is 2.41. The molecule has 0 aliphatic rings. The molecule has 4 heteroatoms. The number of thiol groups is 1. The summed E-state index contributed by atoms with van der Waals surface area (Å²) in [7, 11) is 0. The van der Waals surface area contributed by atoms with E-state index in [1.54, 1.807) is 11.8 Å². The van der Waals surface area contributed by atoms with Crippen molar-refractivity contribution in [3.63, 3.8) is 0 Å². The third-order valence-corrected chi connectivity index (χ3v) is 4.42. The van der Waals surface area contributed by atoms with Crippen LogP contribution in [0.1, 0.15) is 54.9 Å². The summed E-state index contributed by atoms with van der Waals surface area (Å²) in [5.74, 6) is 0. The van der Waals surface area contributed by atoms with E-state index in [-0.39, 0.29) is 10.3 Å². The van der Waals surface area contributed by atoms with Crippen molar-refractivity contribution in [2.75, 3.05) is 6.61 Å². The Morgan fingerprint density at radius 3 is 2.00 bits per heavy atom. The average molecular weight is 323 g/mol. The Labute approximate surface area is 134 Å². The molecule has 0 fully saturated rings. The molecule has 0 saturated heterocycles. The van der Waals surface area contributed by atoms with Gasteiger partial charge in [-0.05, 0) is 34.1 Å². The largest absolute Gasteiger partial charge is 0.374 e. The number of ether oxygens (including phenoxy) is 1. The molecule has 0 bridgehead atoms. The summed E-state index contributed by atoms with van der Waals surface area (Å²) in [5.41, 5.74) is -0.0561. The molecule has 0 spiro atoms. The van der Waals surface area contributed by atoms with Gasteiger partial charge in [-0.15, -0.1) is 24.4 Å². The zero-order valence-electron chi connectivity index (χ0n) is 13.5. The summed E-state index contributed by atoms with van der Waals surface area (Å²) >= 11 is 7.38. The van der Waals surface area contributed by atoms with Crippen molar-refractivity contribution in [2.45, 2.75) is 65.2 Å². The van der Waals surface area contributed by atoms with Crippen LogP contribution in [0.2, 0.25) is 0 Å². The Bertz CT molecular complexity index is 283. The maximum Gasteiger partial charge on any atom is 0.0624 e. The first-order valence-corrected chi connectivity index (χ1v) is 8.73. The monoisotopic (exact) mass is 322 g/mol. The van der Waals surface area contributed by atoms with Crippen LogP contribution in [0.4, 0.5) is 0 Å². The van der Waals surface area contributed by atoms with Gasteiger partial charge in [-0.1, -0.05) is 45.7 Å². The van der Waals surface area contributed by atoms with Crippen LogP contribution in [0, 0.1) is 0 Å². The van der Waals surface area contributed by atoms with Gasteiger partial charge >= 0.3 is 0 Å². The Morgan fingerprint density at radius 1 is 1.16 bits per heavy atom. The fourth-order valence-corrected chi connectivity index (χ4v) is 3.62. The second kappa shape index (κ2) is 10.3.